The van der Waals surface area contributed by atoms with E-state index in [1.807, 2.05) is 0 Å². The van der Waals surface area contributed by atoms with Crippen LogP contribution in [0.1, 0.15) is 21.7 Å². The predicted molar refractivity (Wildman–Crippen MR) is 91.9 cm³/mol. The van der Waals surface area contributed by atoms with E-state index in [2.05, 4.69) is 15.3 Å². The Labute approximate surface area is 150 Å². The third kappa shape index (κ3) is 4.31. The first-order valence-corrected chi connectivity index (χ1v) is 9.08. The number of amides is 1. The van der Waals surface area contributed by atoms with Gasteiger partial charge in [-0.3, -0.25) is 4.79 Å². The zero-order chi connectivity index (χ0) is 19.5. The van der Waals surface area contributed by atoms with E-state index in [-0.39, 0.29) is 12.1 Å². The minimum atomic E-state index is -4.89. The van der Waals surface area contributed by atoms with Crippen molar-refractivity contribution in [1.82, 2.24) is 15.3 Å². The fourth-order valence-electron chi connectivity index (χ4n) is 2.17. The van der Waals surface area contributed by atoms with Crippen molar-refractivity contribution in [3.8, 4) is 0 Å². The number of rotatable bonds is 6. The maximum atomic E-state index is 12.8. The Morgan fingerprint density at radius 3 is 2.50 bits per heavy atom. The standard InChI is InChI=1S/C16H18F2N4O3S/c1-10-8-11(21-16(20-10)22(2)3)9-19-14(23)12-6-4-5-7-13(12)26(24,25)15(17)18/h4-8,15H,9H2,1-3H3,(H,19,23). The summed E-state index contributed by atoms with van der Waals surface area (Å²) in [6.07, 6.45) is 0. The highest BCUT2D eigenvalue weighted by atomic mass is 32.2. The van der Waals surface area contributed by atoms with Crippen molar-refractivity contribution in [3.63, 3.8) is 0 Å². The van der Waals surface area contributed by atoms with Crippen molar-refractivity contribution in [3.05, 3.63) is 47.3 Å². The van der Waals surface area contributed by atoms with Crippen LogP contribution in [0, 0.1) is 6.92 Å². The molecule has 0 aliphatic heterocycles. The molecule has 2 aromatic rings. The number of hydrogen-bond donors (Lipinski definition) is 1. The lowest BCUT2D eigenvalue weighted by Crippen LogP contribution is -2.26. The van der Waals surface area contributed by atoms with Crippen molar-refractivity contribution in [2.75, 3.05) is 19.0 Å². The maximum Gasteiger partial charge on any atom is 0.341 e. The number of anilines is 1. The van der Waals surface area contributed by atoms with Crippen molar-refractivity contribution in [2.45, 2.75) is 24.1 Å². The van der Waals surface area contributed by atoms with Crippen LogP contribution in [0.5, 0.6) is 0 Å². The number of sulfone groups is 1. The van der Waals surface area contributed by atoms with E-state index in [0.29, 0.717) is 17.3 Å². The molecule has 0 aliphatic rings. The van der Waals surface area contributed by atoms with E-state index in [1.165, 1.54) is 18.2 Å². The van der Waals surface area contributed by atoms with Gasteiger partial charge in [-0.1, -0.05) is 12.1 Å². The molecular weight excluding hydrogens is 366 g/mol. The summed E-state index contributed by atoms with van der Waals surface area (Å²) < 4.78 is 49.1. The molecule has 2 rings (SSSR count). The maximum absolute atomic E-state index is 12.8. The van der Waals surface area contributed by atoms with Gasteiger partial charge in [-0.15, -0.1) is 0 Å². The van der Waals surface area contributed by atoms with Crippen LogP contribution in [0.3, 0.4) is 0 Å². The van der Waals surface area contributed by atoms with Gasteiger partial charge in [-0.05, 0) is 25.1 Å². The monoisotopic (exact) mass is 384 g/mol. The van der Waals surface area contributed by atoms with Crippen molar-refractivity contribution < 1.29 is 22.0 Å². The highest BCUT2D eigenvalue weighted by Crippen LogP contribution is 2.22. The van der Waals surface area contributed by atoms with Crippen LogP contribution in [-0.2, 0) is 16.4 Å². The number of nitrogens with one attached hydrogen (secondary N) is 1. The van der Waals surface area contributed by atoms with Crippen LogP contribution in [-0.4, -0.2) is 44.1 Å². The summed E-state index contributed by atoms with van der Waals surface area (Å²) in [6, 6.07) is 6.51. The zero-order valence-corrected chi connectivity index (χ0v) is 15.2. The minimum Gasteiger partial charge on any atom is -0.347 e. The molecular formula is C16H18F2N4O3S. The molecule has 0 fully saturated rings. The van der Waals surface area contributed by atoms with Crippen molar-refractivity contribution >= 4 is 21.7 Å². The molecule has 1 heterocycles. The molecule has 0 unspecified atom stereocenters. The Balaban J connectivity index is 2.25. The Bertz CT molecular complexity index is 917. The second kappa shape index (κ2) is 7.73. The van der Waals surface area contributed by atoms with Gasteiger partial charge in [0.2, 0.25) is 15.8 Å². The first-order chi connectivity index (χ1) is 12.1. The number of carbonyl (C=O) groups is 1. The summed E-state index contributed by atoms with van der Waals surface area (Å²) in [7, 11) is -1.35. The molecule has 0 radical (unpaired) electrons. The predicted octanol–water partition coefficient (Wildman–Crippen LogP) is 1.78. The molecule has 0 spiro atoms. The van der Waals surface area contributed by atoms with Crippen LogP contribution in [0.15, 0.2) is 35.2 Å². The molecule has 0 atom stereocenters. The molecule has 1 aromatic heterocycles. The molecule has 0 saturated carbocycles. The number of benzene rings is 1. The lowest BCUT2D eigenvalue weighted by Gasteiger charge is -2.13. The SMILES string of the molecule is Cc1cc(CNC(=O)c2ccccc2S(=O)(=O)C(F)F)nc(N(C)C)n1. The molecule has 1 amide bonds. The van der Waals surface area contributed by atoms with Gasteiger partial charge in [0.1, 0.15) is 0 Å². The van der Waals surface area contributed by atoms with E-state index in [1.54, 1.807) is 32.0 Å². The van der Waals surface area contributed by atoms with E-state index in [0.717, 1.165) is 6.07 Å². The van der Waals surface area contributed by atoms with E-state index in [4.69, 9.17) is 0 Å². The third-order valence-corrected chi connectivity index (χ3v) is 4.84. The molecule has 1 N–H and O–H groups in total. The molecule has 7 nitrogen and oxygen atoms in total. The van der Waals surface area contributed by atoms with E-state index < -0.39 is 26.4 Å². The Hall–Kier alpha value is -2.62. The van der Waals surface area contributed by atoms with Crippen molar-refractivity contribution in [1.29, 1.82) is 0 Å². The van der Waals surface area contributed by atoms with Crippen LogP contribution >= 0.6 is 0 Å². The quantitative estimate of drug-likeness (QED) is 0.816. The van der Waals surface area contributed by atoms with Crippen LogP contribution < -0.4 is 10.2 Å². The second-order valence-electron chi connectivity index (χ2n) is 5.68. The Morgan fingerprint density at radius 2 is 1.88 bits per heavy atom. The molecule has 1 aromatic carbocycles. The van der Waals surface area contributed by atoms with Crippen LogP contribution in [0.25, 0.3) is 0 Å². The lowest BCUT2D eigenvalue weighted by molar-refractivity contribution is 0.0947. The van der Waals surface area contributed by atoms with Gasteiger partial charge in [0, 0.05) is 19.8 Å². The zero-order valence-electron chi connectivity index (χ0n) is 14.4. The van der Waals surface area contributed by atoms with Gasteiger partial charge in [0.25, 0.3) is 5.91 Å². The summed E-state index contributed by atoms with van der Waals surface area (Å²) >= 11 is 0. The van der Waals surface area contributed by atoms with E-state index >= 15 is 0 Å². The molecule has 0 aliphatic carbocycles. The normalized spacial score (nSPS) is 11.5. The van der Waals surface area contributed by atoms with Crippen molar-refractivity contribution in [2.24, 2.45) is 0 Å². The average Bonchev–Trinajstić information content (AvgIpc) is 2.59. The summed E-state index contributed by atoms with van der Waals surface area (Å²) in [6.45, 7) is 1.76. The molecule has 140 valence electrons. The first kappa shape index (κ1) is 19.7. The molecule has 26 heavy (non-hydrogen) atoms. The summed E-state index contributed by atoms with van der Waals surface area (Å²) in [5, 5.41) is 2.50. The number of alkyl halides is 2. The van der Waals surface area contributed by atoms with Crippen LogP contribution in [0.4, 0.5) is 14.7 Å². The molecule has 0 saturated heterocycles. The van der Waals surface area contributed by atoms with Crippen LogP contribution in [0.2, 0.25) is 0 Å². The van der Waals surface area contributed by atoms with Gasteiger partial charge in [-0.25, -0.2) is 18.4 Å². The summed E-state index contributed by atoms with van der Waals surface area (Å²) in [5.41, 5.74) is 0.851. The number of hydrogen-bond acceptors (Lipinski definition) is 6. The van der Waals surface area contributed by atoms with Gasteiger partial charge in [0.05, 0.1) is 22.7 Å². The number of aryl methyl sites for hydroxylation is 1. The highest BCUT2D eigenvalue weighted by molar-refractivity contribution is 7.91. The number of carbonyl (C=O) groups excluding carboxylic acids is 1. The van der Waals surface area contributed by atoms with E-state index in [9.17, 15) is 22.0 Å². The van der Waals surface area contributed by atoms with Gasteiger partial charge in [0.15, 0.2) is 0 Å². The smallest absolute Gasteiger partial charge is 0.341 e. The fourth-order valence-corrected chi connectivity index (χ4v) is 3.10. The van der Waals surface area contributed by atoms with Gasteiger partial charge in [-0.2, -0.15) is 8.78 Å². The average molecular weight is 384 g/mol. The highest BCUT2D eigenvalue weighted by Gasteiger charge is 2.30. The minimum absolute atomic E-state index is 0.00784. The summed E-state index contributed by atoms with van der Waals surface area (Å²) in [5.74, 6) is -3.94. The molecule has 10 heteroatoms. The summed E-state index contributed by atoms with van der Waals surface area (Å²) in [4.78, 5) is 21.8. The second-order valence-corrected chi connectivity index (χ2v) is 7.57. The van der Waals surface area contributed by atoms with Gasteiger partial charge < -0.3 is 10.2 Å². The number of halogens is 2. The fraction of sp³-hybridized carbons (Fsp3) is 0.312. The number of nitrogens with zero attached hydrogens (tertiary/aromatic N) is 3. The topological polar surface area (TPSA) is 92.3 Å². The lowest BCUT2D eigenvalue weighted by atomic mass is 10.2. The Kier molecular flexibility index (Phi) is 5.86. The number of aromatic nitrogens is 2. The third-order valence-electron chi connectivity index (χ3n) is 3.40. The largest absolute Gasteiger partial charge is 0.347 e. The molecule has 0 bridgehead atoms. The van der Waals surface area contributed by atoms with Gasteiger partial charge >= 0.3 is 5.76 Å². The Morgan fingerprint density at radius 1 is 1.23 bits per heavy atom. The first-order valence-electron chi connectivity index (χ1n) is 7.54.